The molecule has 0 aliphatic rings. The van der Waals surface area contributed by atoms with Gasteiger partial charge in [-0.1, -0.05) is 27.7 Å². The molecule has 3 nitrogen and oxygen atoms in total. The summed E-state index contributed by atoms with van der Waals surface area (Å²) in [4.78, 5) is 11.2. The second-order valence-electron chi connectivity index (χ2n) is 4.69. The molecule has 0 spiro atoms. The molecule has 1 rings (SSSR count). The highest BCUT2D eigenvalue weighted by atomic mass is 32.2. The minimum atomic E-state index is -2.27. The quantitative estimate of drug-likeness (QED) is 0.612. The Morgan fingerprint density at radius 1 is 1.12 bits per heavy atom. The molecule has 0 aliphatic heterocycles. The summed E-state index contributed by atoms with van der Waals surface area (Å²) in [5.41, 5.74) is 1.96. The third kappa shape index (κ3) is 3.01. The Hall–Kier alpha value is -1.00. The second kappa shape index (κ2) is 5.56. The maximum atomic E-state index is 11.4. The van der Waals surface area contributed by atoms with Crippen molar-refractivity contribution in [3.8, 4) is 0 Å². The largest absolute Gasteiger partial charge is 0.768 e. The van der Waals surface area contributed by atoms with Gasteiger partial charge in [0.05, 0.1) is 0 Å². The fourth-order valence-electron chi connectivity index (χ4n) is 1.82. The van der Waals surface area contributed by atoms with Gasteiger partial charge in [0.2, 0.25) is 0 Å². The Labute approximate surface area is 105 Å². The SMILES string of the molecule is CC(C)c1cc(C=O)cc(C(C)C)c1S(=O)[O-]. The van der Waals surface area contributed by atoms with Gasteiger partial charge in [0.15, 0.2) is 0 Å². The summed E-state index contributed by atoms with van der Waals surface area (Å²) in [6.07, 6.45) is 0.759. The molecule has 0 fully saturated rings. The minimum absolute atomic E-state index is 0.0697. The van der Waals surface area contributed by atoms with Crippen LogP contribution in [0.3, 0.4) is 0 Å². The van der Waals surface area contributed by atoms with Crippen LogP contribution in [0.5, 0.6) is 0 Å². The summed E-state index contributed by atoms with van der Waals surface area (Å²) in [6.45, 7) is 7.68. The van der Waals surface area contributed by atoms with Crippen molar-refractivity contribution < 1.29 is 13.6 Å². The van der Waals surface area contributed by atoms with Gasteiger partial charge in [-0.3, -0.25) is 9.00 Å². The van der Waals surface area contributed by atoms with E-state index in [0.717, 1.165) is 6.29 Å². The molecule has 1 aromatic carbocycles. The smallest absolute Gasteiger partial charge is 0.150 e. The van der Waals surface area contributed by atoms with Crippen molar-refractivity contribution in [1.82, 2.24) is 0 Å². The first-order valence-corrected chi connectivity index (χ1v) is 6.68. The van der Waals surface area contributed by atoms with Crippen molar-refractivity contribution in [2.75, 3.05) is 0 Å². The molecule has 1 unspecified atom stereocenters. The number of rotatable bonds is 4. The Kier molecular flexibility index (Phi) is 4.60. The van der Waals surface area contributed by atoms with E-state index in [2.05, 4.69) is 0 Å². The van der Waals surface area contributed by atoms with Crippen LogP contribution in [-0.2, 0) is 11.1 Å². The van der Waals surface area contributed by atoms with Crippen LogP contribution in [0, 0.1) is 0 Å². The third-order valence-corrected chi connectivity index (χ3v) is 3.52. The predicted molar refractivity (Wildman–Crippen MR) is 67.2 cm³/mol. The van der Waals surface area contributed by atoms with Crippen LogP contribution in [0.1, 0.15) is 61.0 Å². The number of hydrogen-bond acceptors (Lipinski definition) is 3. The zero-order chi connectivity index (χ0) is 13.2. The zero-order valence-corrected chi connectivity index (χ0v) is 11.3. The van der Waals surface area contributed by atoms with Crippen LogP contribution >= 0.6 is 0 Å². The maximum absolute atomic E-state index is 11.4. The Balaban J connectivity index is 3.61. The molecule has 0 aliphatic carbocycles. The molecule has 0 aromatic heterocycles. The van der Waals surface area contributed by atoms with E-state index in [9.17, 15) is 13.6 Å². The van der Waals surface area contributed by atoms with Crippen LogP contribution < -0.4 is 0 Å². The monoisotopic (exact) mass is 253 g/mol. The molecule has 4 heteroatoms. The second-order valence-corrected chi connectivity index (χ2v) is 5.57. The fourth-order valence-corrected chi connectivity index (χ4v) is 2.79. The summed E-state index contributed by atoms with van der Waals surface area (Å²) < 4.78 is 22.7. The van der Waals surface area contributed by atoms with Gasteiger partial charge in [0.1, 0.15) is 6.29 Å². The highest BCUT2D eigenvalue weighted by Gasteiger charge is 2.16. The van der Waals surface area contributed by atoms with E-state index in [0.29, 0.717) is 21.6 Å². The molecule has 0 saturated heterocycles. The lowest BCUT2D eigenvalue weighted by Gasteiger charge is -2.21. The Bertz CT molecular complexity index is 421. The molecule has 0 amide bonds. The lowest BCUT2D eigenvalue weighted by atomic mass is 9.93. The van der Waals surface area contributed by atoms with Gasteiger partial charge in [-0.15, -0.1) is 0 Å². The fraction of sp³-hybridized carbons (Fsp3) is 0.462. The number of carbonyl (C=O) groups excluding carboxylic acids is 1. The molecular formula is C13H17O3S-. The summed E-state index contributed by atoms with van der Waals surface area (Å²) >= 11 is -2.27. The highest BCUT2D eigenvalue weighted by molar-refractivity contribution is 7.79. The van der Waals surface area contributed by atoms with Crippen LogP contribution in [0.15, 0.2) is 17.0 Å². The lowest BCUT2D eigenvalue weighted by Crippen LogP contribution is -2.07. The van der Waals surface area contributed by atoms with Gasteiger partial charge in [-0.2, -0.15) is 0 Å². The Morgan fingerprint density at radius 2 is 1.53 bits per heavy atom. The van der Waals surface area contributed by atoms with E-state index >= 15 is 0 Å². The predicted octanol–water partition coefficient (Wildman–Crippen LogP) is 2.98. The number of aldehydes is 1. The number of benzene rings is 1. The number of carbonyl (C=O) groups is 1. The van der Waals surface area contributed by atoms with Crippen LogP contribution in [0.25, 0.3) is 0 Å². The molecule has 1 aromatic rings. The van der Waals surface area contributed by atoms with Crippen LogP contribution in [-0.4, -0.2) is 15.0 Å². The van der Waals surface area contributed by atoms with Crippen molar-refractivity contribution in [2.45, 2.75) is 44.4 Å². The highest BCUT2D eigenvalue weighted by Crippen LogP contribution is 2.31. The van der Waals surface area contributed by atoms with Gasteiger partial charge in [-0.25, -0.2) is 0 Å². The van der Waals surface area contributed by atoms with Gasteiger partial charge < -0.3 is 4.55 Å². The normalized spacial score (nSPS) is 13.1. The van der Waals surface area contributed by atoms with Crippen LogP contribution in [0.4, 0.5) is 0 Å². The average Bonchev–Trinajstić information content (AvgIpc) is 2.26. The molecule has 0 N–H and O–H groups in total. The molecule has 0 heterocycles. The first-order chi connectivity index (χ1) is 7.88. The van der Waals surface area contributed by atoms with Crippen molar-refractivity contribution >= 4 is 17.4 Å². The molecule has 0 saturated carbocycles. The van der Waals surface area contributed by atoms with Crippen molar-refractivity contribution in [1.29, 1.82) is 0 Å². The van der Waals surface area contributed by atoms with Crippen molar-refractivity contribution in [2.24, 2.45) is 0 Å². The summed E-state index contributed by atoms with van der Waals surface area (Å²) in [6, 6.07) is 3.32. The van der Waals surface area contributed by atoms with Gasteiger partial charge in [0.25, 0.3) is 0 Å². The average molecular weight is 253 g/mol. The van der Waals surface area contributed by atoms with Crippen molar-refractivity contribution in [3.63, 3.8) is 0 Å². The first kappa shape index (κ1) is 14.1. The summed E-state index contributed by atoms with van der Waals surface area (Å²) in [5.74, 6) is 0.139. The topological polar surface area (TPSA) is 57.2 Å². The summed E-state index contributed by atoms with van der Waals surface area (Å²) in [5, 5.41) is 0. The van der Waals surface area contributed by atoms with Gasteiger partial charge in [-0.05, 0) is 46.2 Å². The van der Waals surface area contributed by atoms with E-state index in [4.69, 9.17) is 0 Å². The van der Waals surface area contributed by atoms with E-state index in [1.54, 1.807) is 12.1 Å². The van der Waals surface area contributed by atoms with E-state index < -0.39 is 11.1 Å². The van der Waals surface area contributed by atoms with E-state index in [1.807, 2.05) is 27.7 Å². The van der Waals surface area contributed by atoms with Crippen LogP contribution in [0.2, 0.25) is 0 Å². The maximum Gasteiger partial charge on any atom is 0.150 e. The molecule has 1 atom stereocenters. The first-order valence-electron chi connectivity index (χ1n) is 5.60. The molecule has 17 heavy (non-hydrogen) atoms. The third-order valence-electron chi connectivity index (χ3n) is 2.72. The minimum Gasteiger partial charge on any atom is -0.768 e. The van der Waals surface area contributed by atoms with Gasteiger partial charge >= 0.3 is 0 Å². The summed E-state index contributed by atoms with van der Waals surface area (Å²) in [7, 11) is 0. The van der Waals surface area contributed by atoms with Crippen molar-refractivity contribution in [3.05, 3.63) is 28.8 Å². The van der Waals surface area contributed by atoms with Gasteiger partial charge in [0, 0.05) is 10.5 Å². The van der Waals surface area contributed by atoms with E-state index in [1.165, 1.54) is 0 Å². The number of hydrogen-bond donors (Lipinski definition) is 0. The molecule has 0 radical (unpaired) electrons. The van der Waals surface area contributed by atoms with E-state index in [-0.39, 0.29) is 11.8 Å². The standard InChI is InChI=1S/C13H18O3S/c1-8(2)11-5-10(7-14)6-12(9(3)4)13(11)17(15)16/h5-9H,1-4H3,(H,15,16)/p-1. The molecular weight excluding hydrogens is 236 g/mol. The molecule has 94 valence electrons. The Morgan fingerprint density at radius 3 is 1.76 bits per heavy atom. The lowest BCUT2D eigenvalue weighted by molar-refractivity contribution is 0.112. The zero-order valence-electron chi connectivity index (χ0n) is 10.5. The molecule has 0 bridgehead atoms.